The molecule has 4 heteroatoms. The van der Waals surface area contributed by atoms with E-state index in [0.29, 0.717) is 5.76 Å². The van der Waals surface area contributed by atoms with Crippen molar-refractivity contribution >= 4 is 17.7 Å². The molecule has 1 aromatic heterocycles. The minimum Gasteiger partial charge on any atom is -0.494 e. The van der Waals surface area contributed by atoms with E-state index in [1.54, 1.807) is 24.5 Å². The van der Waals surface area contributed by atoms with Gasteiger partial charge in [-0.3, -0.25) is 4.79 Å². The lowest BCUT2D eigenvalue weighted by molar-refractivity contribution is -0.111. The van der Waals surface area contributed by atoms with Crippen LogP contribution >= 0.6 is 0 Å². The van der Waals surface area contributed by atoms with E-state index in [1.165, 1.54) is 38.2 Å². The van der Waals surface area contributed by atoms with Gasteiger partial charge in [0.1, 0.15) is 11.5 Å². The minimum absolute atomic E-state index is 0.197. The minimum atomic E-state index is -0.197. The van der Waals surface area contributed by atoms with Crippen molar-refractivity contribution in [3.63, 3.8) is 0 Å². The van der Waals surface area contributed by atoms with Gasteiger partial charge in [0.2, 0.25) is 5.91 Å². The summed E-state index contributed by atoms with van der Waals surface area (Å²) in [5.41, 5.74) is 0.737. The highest BCUT2D eigenvalue weighted by Gasteiger charge is 2.00. The molecule has 0 aliphatic rings. The first kappa shape index (κ1) is 18.8. The molecule has 0 saturated carbocycles. The van der Waals surface area contributed by atoms with Crippen molar-refractivity contribution in [3.8, 4) is 5.75 Å². The van der Waals surface area contributed by atoms with Crippen LogP contribution in [0.3, 0.4) is 0 Å². The van der Waals surface area contributed by atoms with Gasteiger partial charge in [0.15, 0.2) is 0 Å². The highest BCUT2D eigenvalue weighted by Crippen LogP contribution is 2.16. The molecule has 0 atom stereocenters. The predicted molar refractivity (Wildman–Crippen MR) is 102 cm³/mol. The lowest BCUT2D eigenvalue weighted by Crippen LogP contribution is -2.07. The van der Waals surface area contributed by atoms with Crippen LogP contribution in [-0.2, 0) is 4.79 Å². The van der Waals surface area contributed by atoms with Crippen molar-refractivity contribution in [2.24, 2.45) is 0 Å². The third-order valence-corrected chi connectivity index (χ3v) is 3.83. The summed E-state index contributed by atoms with van der Waals surface area (Å²) in [4.78, 5) is 11.8. The number of ether oxygens (including phenoxy) is 1. The second-order valence-corrected chi connectivity index (χ2v) is 5.98. The number of hydrogen-bond donors (Lipinski definition) is 1. The van der Waals surface area contributed by atoms with Crippen molar-refractivity contribution < 1.29 is 13.9 Å². The first-order valence-corrected chi connectivity index (χ1v) is 9.03. The average Bonchev–Trinajstić information content (AvgIpc) is 3.14. The van der Waals surface area contributed by atoms with Gasteiger partial charge in [-0.25, -0.2) is 0 Å². The number of nitrogens with one attached hydrogen (secondary N) is 1. The summed E-state index contributed by atoms with van der Waals surface area (Å²) in [7, 11) is 0. The van der Waals surface area contributed by atoms with Crippen LogP contribution in [0.25, 0.3) is 6.08 Å². The molecule has 2 aromatic rings. The van der Waals surface area contributed by atoms with E-state index in [4.69, 9.17) is 9.15 Å². The van der Waals surface area contributed by atoms with Crippen LogP contribution in [-0.4, -0.2) is 12.5 Å². The molecule has 25 heavy (non-hydrogen) atoms. The number of hydrogen-bond acceptors (Lipinski definition) is 3. The van der Waals surface area contributed by atoms with Crippen molar-refractivity contribution in [2.45, 2.75) is 45.4 Å². The number of rotatable bonds is 11. The molecule has 0 aliphatic carbocycles. The van der Waals surface area contributed by atoms with E-state index in [2.05, 4.69) is 12.2 Å². The van der Waals surface area contributed by atoms with Gasteiger partial charge in [-0.2, -0.15) is 0 Å². The van der Waals surface area contributed by atoms with E-state index < -0.39 is 0 Å². The zero-order chi connectivity index (χ0) is 17.7. The van der Waals surface area contributed by atoms with Crippen LogP contribution in [0.1, 0.15) is 51.2 Å². The monoisotopic (exact) mass is 341 g/mol. The van der Waals surface area contributed by atoms with Crippen molar-refractivity contribution in [1.29, 1.82) is 0 Å². The Kier molecular flexibility index (Phi) is 8.39. The molecule has 0 saturated heterocycles. The molecular formula is C21H27NO3. The fourth-order valence-electron chi connectivity index (χ4n) is 2.43. The summed E-state index contributed by atoms with van der Waals surface area (Å²) in [6.07, 6.45) is 12.2. The molecule has 4 nitrogen and oxygen atoms in total. The number of unbranched alkanes of at least 4 members (excludes halogenated alkanes) is 5. The summed E-state index contributed by atoms with van der Waals surface area (Å²) in [5.74, 6) is 1.28. The van der Waals surface area contributed by atoms with E-state index in [9.17, 15) is 4.79 Å². The van der Waals surface area contributed by atoms with E-state index in [1.807, 2.05) is 24.3 Å². The van der Waals surface area contributed by atoms with E-state index in [0.717, 1.165) is 24.5 Å². The first-order valence-electron chi connectivity index (χ1n) is 9.03. The van der Waals surface area contributed by atoms with Crippen molar-refractivity contribution in [1.82, 2.24) is 0 Å². The molecule has 0 radical (unpaired) electrons. The van der Waals surface area contributed by atoms with Gasteiger partial charge in [0.25, 0.3) is 0 Å². The maximum Gasteiger partial charge on any atom is 0.248 e. The number of anilines is 1. The Morgan fingerprint density at radius 2 is 1.84 bits per heavy atom. The highest BCUT2D eigenvalue weighted by molar-refractivity contribution is 6.01. The molecule has 1 heterocycles. The largest absolute Gasteiger partial charge is 0.494 e. The maximum absolute atomic E-state index is 11.8. The topological polar surface area (TPSA) is 51.5 Å². The average molecular weight is 341 g/mol. The third-order valence-electron chi connectivity index (χ3n) is 3.83. The van der Waals surface area contributed by atoms with Crippen LogP contribution in [0.5, 0.6) is 5.75 Å². The Balaban J connectivity index is 1.66. The summed E-state index contributed by atoms with van der Waals surface area (Å²) in [6.45, 7) is 2.97. The molecule has 0 fully saturated rings. The van der Waals surface area contributed by atoms with Gasteiger partial charge >= 0.3 is 0 Å². The molecule has 0 spiro atoms. The smallest absolute Gasteiger partial charge is 0.248 e. The number of carbonyl (C=O) groups is 1. The van der Waals surface area contributed by atoms with E-state index in [-0.39, 0.29) is 5.91 Å². The SMILES string of the molecule is CCCCCCCCOc1ccc(NC(=O)C=Cc2ccco2)cc1. The zero-order valence-corrected chi connectivity index (χ0v) is 14.9. The number of carbonyl (C=O) groups excluding carboxylic acids is 1. The van der Waals surface area contributed by atoms with Crippen LogP contribution in [0.4, 0.5) is 5.69 Å². The van der Waals surface area contributed by atoms with Gasteiger partial charge in [0.05, 0.1) is 12.9 Å². The number of amides is 1. The fraction of sp³-hybridized carbons (Fsp3) is 0.381. The Bertz CT molecular complexity index is 630. The number of furan rings is 1. The van der Waals surface area contributed by atoms with Gasteiger partial charge in [-0.15, -0.1) is 0 Å². The van der Waals surface area contributed by atoms with Gasteiger partial charge in [0, 0.05) is 11.8 Å². The van der Waals surface area contributed by atoms with Crippen LogP contribution in [0.15, 0.2) is 53.2 Å². The normalized spacial score (nSPS) is 10.9. The van der Waals surface area contributed by atoms with Crippen LogP contribution in [0.2, 0.25) is 0 Å². The fourth-order valence-corrected chi connectivity index (χ4v) is 2.43. The Morgan fingerprint density at radius 3 is 2.56 bits per heavy atom. The second kappa shape index (κ2) is 11.1. The Labute approximate surface area is 149 Å². The third kappa shape index (κ3) is 7.75. The maximum atomic E-state index is 11.8. The van der Waals surface area contributed by atoms with Gasteiger partial charge in [-0.1, -0.05) is 39.0 Å². The molecule has 1 aromatic carbocycles. The lowest BCUT2D eigenvalue weighted by atomic mass is 10.1. The van der Waals surface area contributed by atoms with Gasteiger partial charge < -0.3 is 14.5 Å². The Hall–Kier alpha value is -2.49. The molecule has 1 N–H and O–H groups in total. The number of benzene rings is 1. The summed E-state index contributed by atoms with van der Waals surface area (Å²) < 4.78 is 10.9. The molecule has 0 aliphatic heterocycles. The molecule has 0 bridgehead atoms. The second-order valence-electron chi connectivity index (χ2n) is 5.98. The van der Waals surface area contributed by atoms with E-state index >= 15 is 0 Å². The summed E-state index contributed by atoms with van der Waals surface area (Å²) in [6, 6.07) is 11.0. The first-order chi connectivity index (χ1) is 12.3. The quantitative estimate of drug-likeness (QED) is 0.423. The van der Waals surface area contributed by atoms with Crippen molar-refractivity contribution in [2.75, 3.05) is 11.9 Å². The van der Waals surface area contributed by atoms with Crippen LogP contribution < -0.4 is 10.1 Å². The standard InChI is InChI=1S/C21H27NO3/c1-2-3-4-5-6-7-16-24-20-12-10-18(11-13-20)22-21(23)15-14-19-9-8-17-25-19/h8-15,17H,2-7,16H2,1H3,(H,22,23). The molecule has 134 valence electrons. The molecule has 2 rings (SSSR count). The Morgan fingerprint density at radius 1 is 1.08 bits per heavy atom. The summed E-state index contributed by atoms with van der Waals surface area (Å²) in [5, 5.41) is 2.80. The summed E-state index contributed by atoms with van der Waals surface area (Å²) >= 11 is 0. The highest BCUT2D eigenvalue weighted by atomic mass is 16.5. The van der Waals surface area contributed by atoms with Crippen molar-refractivity contribution in [3.05, 3.63) is 54.5 Å². The molecular weight excluding hydrogens is 314 g/mol. The van der Waals surface area contributed by atoms with Crippen LogP contribution in [0, 0.1) is 0 Å². The molecule has 0 unspecified atom stereocenters. The molecule has 1 amide bonds. The predicted octanol–water partition coefficient (Wildman–Crippen LogP) is 5.67. The lowest BCUT2D eigenvalue weighted by Gasteiger charge is -2.07. The zero-order valence-electron chi connectivity index (χ0n) is 14.9. The van der Waals surface area contributed by atoms with Gasteiger partial charge in [-0.05, 0) is 48.9 Å².